The zero-order valence-corrected chi connectivity index (χ0v) is 14.0. The summed E-state index contributed by atoms with van der Waals surface area (Å²) in [5.74, 6) is 0.0271. The molecule has 2 atom stereocenters. The van der Waals surface area contributed by atoms with E-state index in [1.807, 2.05) is 24.3 Å². The van der Waals surface area contributed by atoms with E-state index in [1.54, 1.807) is 0 Å². The quantitative estimate of drug-likeness (QED) is 0.609. The summed E-state index contributed by atoms with van der Waals surface area (Å²) >= 11 is 6.16. The zero-order chi connectivity index (χ0) is 17.1. The number of nitrogens with zero attached hydrogens (tertiary/aromatic N) is 1. The molecule has 1 saturated heterocycles. The normalized spacial score (nSPS) is 22.6. The zero-order valence-electron chi connectivity index (χ0n) is 13.3. The van der Waals surface area contributed by atoms with Gasteiger partial charge in [-0.05, 0) is 24.5 Å². The first-order valence-corrected chi connectivity index (χ1v) is 8.56. The monoisotopic (exact) mass is 349 g/mol. The highest BCUT2D eigenvalue weighted by Gasteiger charge is 2.40. The number of halogens is 1. The fourth-order valence-corrected chi connectivity index (χ4v) is 3.28. The average Bonchev–Trinajstić information content (AvgIpc) is 3.23. The Balaban J connectivity index is 1.35. The van der Waals surface area contributed by atoms with E-state index in [-0.39, 0.29) is 29.8 Å². The molecule has 0 bridgehead atoms. The fourth-order valence-electron chi connectivity index (χ4n) is 3.00. The number of amides is 4. The summed E-state index contributed by atoms with van der Waals surface area (Å²) in [6.45, 7) is 0.788. The molecule has 0 unspecified atom stereocenters. The highest BCUT2D eigenvalue weighted by atomic mass is 35.5. The van der Waals surface area contributed by atoms with E-state index in [4.69, 9.17) is 11.6 Å². The van der Waals surface area contributed by atoms with Crippen LogP contribution in [-0.4, -0.2) is 41.9 Å². The summed E-state index contributed by atoms with van der Waals surface area (Å²) < 4.78 is 0. The molecule has 1 aromatic rings. The molecule has 0 aromatic heterocycles. The molecular weight excluding hydrogens is 330 g/mol. The molecule has 4 amide bonds. The van der Waals surface area contributed by atoms with Crippen LogP contribution in [0.3, 0.4) is 0 Å². The second-order valence-electron chi connectivity index (χ2n) is 6.16. The molecule has 1 aliphatic heterocycles. The first-order valence-electron chi connectivity index (χ1n) is 8.18. The molecule has 3 rings (SSSR count). The number of urea groups is 1. The van der Waals surface area contributed by atoms with Crippen molar-refractivity contribution in [1.82, 2.24) is 15.5 Å². The maximum Gasteiger partial charge on any atom is 0.315 e. The Morgan fingerprint density at radius 2 is 1.92 bits per heavy atom. The number of nitrogens with one attached hydrogen (secondary N) is 2. The van der Waals surface area contributed by atoms with Crippen molar-refractivity contribution in [3.05, 3.63) is 34.9 Å². The van der Waals surface area contributed by atoms with Gasteiger partial charge in [0.15, 0.2) is 0 Å². The Morgan fingerprint density at radius 1 is 1.21 bits per heavy atom. The third-order valence-electron chi connectivity index (χ3n) is 4.41. The molecule has 128 valence electrons. The first kappa shape index (κ1) is 16.8. The van der Waals surface area contributed by atoms with Gasteiger partial charge in [0.05, 0.1) is 0 Å². The van der Waals surface area contributed by atoms with E-state index in [1.165, 1.54) is 4.90 Å². The topological polar surface area (TPSA) is 78.5 Å². The van der Waals surface area contributed by atoms with Crippen LogP contribution in [0, 0.1) is 0 Å². The van der Waals surface area contributed by atoms with Gasteiger partial charge in [-0.3, -0.25) is 14.5 Å². The molecule has 2 aliphatic rings. The minimum Gasteiger partial charge on any atom is -0.338 e. The highest BCUT2D eigenvalue weighted by molar-refractivity contribution is 6.31. The molecule has 1 aliphatic carbocycles. The number of carbonyl (C=O) groups is 3. The third kappa shape index (κ3) is 3.87. The molecule has 7 heteroatoms. The smallest absolute Gasteiger partial charge is 0.315 e. The minimum atomic E-state index is -0.228. The lowest BCUT2D eigenvalue weighted by molar-refractivity contribution is -0.138. The van der Waals surface area contributed by atoms with Crippen molar-refractivity contribution in [2.45, 2.75) is 37.6 Å². The van der Waals surface area contributed by atoms with E-state index in [9.17, 15) is 14.4 Å². The van der Waals surface area contributed by atoms with Crippen LogP contribution in [0.4, 0.5) is 4.79 Å². The average molecular weight is 350 g/mol. The summed E-state index contributed by atoms with van der Waals surface area (Å²) in [6, 6.07) is 7.54. The first-order chi connectivity index (χ1) is 11.6. The second-order valence-corrected chi connectivity index (χ2v) is 6.57. The minimum absolute atomic E-state index is 0.103. The van der Waals surface area contributed by atoms with Crippen LogP contribution < -0.4 is 10.6 Å². The summed E-state index contributed by atoms with van der Waals surface area (Å²) in [5.41, 5.74) is 1.07. The van der Waals surface area contributed by atoms with Crippen molar-refractivity contribution in [2.24, 2.45) is 0 Å². The number of benzene rings is 1. The van der Waals surface area contributed by atoms with Crippen molar-refractivity contribution in [3.63, 3.8) is 0 Å². The van der Waals surface area contributed by atoms with Crippen LogP contribution in [0.5, 0.6) is 0 Å². The second kappa shape index (κ2) is 7.21. The lowest BCUT2D eigenvalue weighted by atomic mass is 10.1. The van der Waals surface area contributed by atoms with Gasteiger partial charge in [-0.2, -0.15) is 0 Å². The van der Waals surface area contributed by atoms with Gasteiger partial charge in [0.1, 0.15) is 0 Å². The summed E-state index contributed by atoms with van der Waals surface area (Å²) in [7, 11) is 0. The standard InChI is InChI=1S/C17H20ClN3O3/c18-13-5-2-1-4-11(13)12-10-14(12)20-17(24)19-8-3-9-21-15(22)6-7-16(21)23/h1-2,4-5,12,14H,3,6-10H2,(H2,19,20,24)/t12-,14-/m0/s1. The Labute approximate surface area is 145 Å². The van der Waals surface area contributed by atoms with Crippen molar-refractivity contribution < 1.29 is 14.4 Å². The van der Waals surface area contributed by atoms with E-state index >= 15 is 0 Å². The summed E-state index contributed by atoms with van der Waals surface area (Å²) in [4.78, 5) is 36.1. The van der Waals surface area contributed by atoms with Gasteiger partial charge in [-0.15, -0.1) is 0 Å². The molecule has 1 heterocycles. The van der Waals surface area contributed by atoms with Gasteiger partial charge in [0, 0.05) is 42.9 Å². The number of hydrogen-bond acceptors (Lipinski definition) is 3. The number of rotatable bonds is 6. The Hall–Kier alpha value is -2.08. The lowest BCUT2D eigenvalue weighted by Gasteiger charge is -2.14. The molecule has 24 heavy (non-hydrogen) atoms. The Morgan fingerprint density at radius 3 is 2.62 bits per heavy atom. The van der Waals surface area contributed by atoms with Crippen LogP contribution in [0.2, 0.25) is 5.02 Å². The van der Waals surface area contributed by atoms with E-state index in [0.717, 1.165) is 17.0 Å². The van der Waals surface area contributed by atoms with Gasteiger partial charge in [0.2, 0.25) is 11.8 Å². The molecule has 1 aromatic carbocycles. The Bertz CT molecular complexity index is 648. The highest BCUT2D eigenvalue weighted by Crippen LogP contribution is 2.43. The van der Waals surface area contributed by atoms with Crippen LogP contribution in [0.15, 0.2) is 24.3 Å². The van der Waals surface area contributed by atoms with Crippen molar-refractivity contribution >= 4 is 29.4 Å². The molecular formula is C17H20ClN3O3. The molecule has 2 fully saturated rings. The van der Waals surface area contributed by atoms with Crippen molar-refractivity contribution in [2.75, 3.05) is 13.1 Å². The third-order valence-corrected chi connectivity index (χ3v) is 4.75. The lowest BCUT2D eigenvalue weighted by Crippen LogP contribution is -2.39. The maximum atomic E-state index is 11.9. The molecule has 0 spiro atoms. The van der Waals surface area contributed by atoms with E-state index < -0.39 is 0 Å². The van der Waals surface area contributed by atoms with Gasteiger partial charge < -0.3 is 10.6 Å². The maximum absolute atomic E-state index is 11.9. The Kier molecular flexibility index (Phi) is 5.04. The molecule has 0 radical (unpaired) electrons. The molecule has 2 N–H and O–H groups in total. The number of imide groups is 1. The molecule has 1 saturated carbocycles. The predicted molar refractivity (Wildman–Crippen MR) is 89.7 cm³/mol. The number of carbonyl (C=O) groups excluding carboxylic acids is 3. The van der Waals surface area contributed by atoms with Crippen LogP contribution in [0.1, 0.15) is 37.2 Å². The van der Waals surface area contributed by atoms with Gasteiger partial charge in [-0.1, -0.05) is 29.8 Å². The van der Waals surface area contributed by atoms with Crippen molar-refractivity contribution in [1.29, 1.82) is 0 Å². The fraction of sp³-hybridized carbons (Fsp3) is 0.471. The van der Waals surface area contributed by atoms with Crippen molar-refractivity contribution in [3.8, 4) is 0 Å². The van der Waals surface area contributed by atoms with Crippen LogP contribution in [0.25, 0.3) is 0 Å². The van der Waals surface area contributed by atoms with Crippen LogP contribution >= 0.6 is 11.6 Å². The predicted octanol–water partition coefficient (Wildman–Crippen LogP) is 2.03. The number of likely N-dealkylation sites (tertiary alicyclic amines) is 1. The van der Waals surface area contributed by atoms with Gasteiger partial charge in [-0.25, -0.2) is 4.79 Å². The summed E-state index contributed by atoms with van der Waals surface area (Å²) in [6.07, 6.45) is 2.05. The van der Waals surface area contributed by atoms with Gasteiger partial charge in [0.25, 0.3) is 0 Å². The van der Waals surface area contributed by atoms with Crippen LogP contribution in [-0.2, 0) is 9.59 Å². The largest absolute Gasteiger partial charge is 0.338 e. The van der Waals surface area contributed by atoms with E-state index in [2.05, 4.69) is 10.6 Å². The van der Waals surface area contributed by atoms with E-state index in [0.29, 0.717) is 32.4 Å². The molecule has 6 nitrogen and oxygen atoms in total. The summed E-state index contributed by atoms with van der Waals surface area (Å²) in [5, 5.41) is 6.41. The number of hydrogen-bond donors (Lipinski definition) is 2. The van der Waals surface area contributed by atoms with Gasteiger partial charge >= 0.3 is 6.03 Å². The SMILES string of the molecule is O=C(NCCCN1C(=O)CCC1=O)N[C@H]1C[C@H]1c1ccccc1Cl.